The number of nitrogens with one attached hydrogen (secondary N) is 1. The summed E-state index contributed by atoms with van der Waals surface area (Å²) in [5, 5.41) is 3.47. The van der Waals surface area contributed by atoms with Crippen molar-refractivity contribution in [3.63, 3.8) is 0 Å². The standard InChI is InChI=1S/C9H15NO/c1-11-8-3-2-7-4-5-10-9(7)6-8/h2,8-10H,3-6H2,1H3/t8-,9-/m0/s1. The lowest BCUT2D eigenvalue weighted by molar-refractivity contribution is 0.0882. The Kier molecular flexibility index (Phi) is 1.96. The number of ether oxygens (including phenoxy) is 1. The van der Waals surface area contributed by atoms with E-state index in [2.05, 4.69) is 11.4 Å². The molecule has 1 aliphatic heterocycles. The maximum atomic E-state index is 5.31. The fourth-order valence-electron chi connectivity index (χ4n) is 2.01. The molecule has 0 bridgehead atoms. The van der Waals surface area contributed by atoms with Gasteiger partial charge < -0.3 is 10.1 Å². The zero-order valence-electron chi connectivity index (χ0n) is 6.97. The van der Waals surface area contributed by atoms with Crippen molar-refractivity contribution in [2.45, 2.75) is 31.4 Å². The Morgan fingerprint density at radius 1 is 1.64 bits per heavy atom. The lowest BCUT2D eigenvalue weighted by Crippen LogP contribution is -2.31. The molecule has 2 atom stereocenters. The molecule has 1 fully saturated rings. The van der Waals surface area contributed by atoms with Crippen molar-refractivity contribution in [3.05, 3.63) is 11.6 Å². The molecule has 11 heavy (non-hydrogen) atoms. The van der Waals surface area contributed by atoms with Crippen LogP contribution in [0, 0.1) is 0 Å². The number of rotatable bonds is 1. The number of hydrogen-bond acceptors (Lipinski definition) is 2. The van der Waals surface area contributed by atoms with Crippen molar-refractivity contribution in [3.8, 4) is 0 Å². The smallest absolute Gasteiger partial charge is 0.0623 e. The molecule has 2 nitrogen and oxygen atoms in total. The molecular formula is C9H15NO. The summed E-state index contributed by atoms with van der Waals surface area (Å²) in [5.41, 5.74) is 1.61. The third-order valence-corrected chi connectivity index (χ3v) is 2.73. The van der Waals surface area contributed by atoms with E-state index in [0.29, 0.717) is 12.1 Å². The molecule has 2 rings (SSSR count). The van der Waals surface area contributed by atoms with Gasteiger partial charge in [-0.3, -0.25) is 0 Å². The first kappa shape index (κ1) is 7.32. The average molecular weight is 153 g/mol. The summed E-state index contributed by atoms with van der Waals surface area (Å²) in [6.45, 7) is 1.16. The number of hydrogen-bond donors (Lipinski definition) is 1. The Morgan fingerprint density at radius 3 is 3.36 bits per heavy atom. The molecule has 1 N–H and O–H groups in total. The summed E-state index contributed by atoms with van der Waals surface area (Å²) in [7, 11) is 1.80. The van der Waals surface area contributed by atoms with Crippen LogP contribution in [0.5, 0.6) is 0 Å². The van der Waals surface area contributed by atoms with Crippen LogP contribution in [0.15, 0.2) is 11.6 Å². The Morgan fingerprint density at radius 2 is 2.55 bits per heavy atom. The van der Waals surface area contributed by atoms with Gasteiger partial charge in [0, 0.05) is 13.2 Å². The molecule has 0 spiro atoms. The minimum absolute atomic E-state index is 0.453. The quantitative estimate of drug-likeness (QED) is 0.569. The highest BCUT2D eigenvalue weighted by atomic mass is 16.5. The van der Waals surface area contributed by atoms with E-state index >= 15 is 0 Å². The summed E-state index contributed by atoms with van der Waals surface area (Å²) < 4.78 is 5.31. The Labute approximate surface area is 67.6 Å². The van der Waals surface area contributed by atoms with E-state index in [0.717, 1.165) is 13.0 Å². The van der Waals surface area contributed by atoms with Crippen LogP contribution in [0.3, 0.4) is 0 Å². The van der Waals surface area contributed by atoms with Gasteiger partial charge in [-0.2, -0.15) is 0 Å². The van der Waals surface area contributed by atoms with Crippen LogP contribution in [0.4, 0.5) is 0 Å². The molecule has 0 unspecified atom stereocenters. The second-order valence-electron chi connectivity index (χ2n) is 3.36. The van der Waals surface area contributed by atoms with Crippen molar-refractivity contribution in [1.29, 1.82) is 0 Å². The highest BCUT2D eigenvalue weighted by molar-refractivity contribution is 5.19. The van der Waals surface area contributed by atoms with Gasteiger partial charge in [-0.15, -0.1) is 0 Å². The Balaban J connectivity index is 2.04. The molecule has 0 aromatic heterocycles. The maximum absolute atomic E-state index is 5.31. The van der Waals surface area contributed by atoms with Crippen LogP contribution >= 0.6 is 0 Å². The van der Waals surface area contributed by atoms with Crippen molar-refractivity contribution in [2.75, 3.05) is 13.7 Å². The van der Waals surface area contributed by atoms with Gasteiger partial charge in [0.1, 0.15) is 0 Å². The van der Waals surface area contributed by atoms with Gasteiger partial charge in [-0.1, -0.05) is 11.6 Å². The predicted octanol–water partition coefficient (Wildman–Crippen LogP) is 1.08. The summed E-state index contributed by atoms with van der Waals surface area (Å²) in [5.74, 6) is 0. The normalized spacial score (nSPS) is 36.6. The van der Waals surface area contributed by atoms with Crippen molar-refractivity contribution in [2.24, 2.45) is 0 Å². The highest BCUT2D eigenvalue weighted by Crippen LogP contribution is 2.26. The molecule has 0 aromatic rings. The van der Waals surface area contributed by atoms with Gasteiger partial charge >= 0.3 is 0 Å². The largest absolute Gasteiger partial charge is 0.381 e. The van der Waals surface area contributed by atoms with E-state index in [-0.39, 0.29) is 0 Å². The Bertz CT molecular complexity index is 176. The van der Waals surface area contributed by atoms with E-state index in [1.54, 1.807) is 12.7 Å². The fraction of sp³-hybridized carbons (Fsp3) is 0.778. The van der Waals surface area contributed by atoms with Crippen molar-refractivity contribution < 1.29 is 4.74 Å². The van der Waals surface area contributed by atoms with Crippen LogP contribution in [-0.4, -0.2) is 25.8 Å². The van der Waals surface area contributed by atoms with E-state index in [9.17, 15) is 0 Å². The van der Waals surface area contributed by atoms with E-state index < -0.39 is 0 Å². The lowest BCUT2D eigenvalue weighted by Gasteiger charge is -2.24. The average Bonchev–Trinajstić information content (AvgIpc) is 2.50. The second kappa shape index (κ2) is 2.95. The predicted molar refractivity (Wildman–Crippen MR) is 44.5 cm³/mol. The maximum Gasteiger partial charge on any atom is 0.0623 e. The molecule has 0 radical (unpaired) electrons. The minimum Gasteiger partial charge on any atom is -0.381 e. The van der Waals surface area contributed by atoms with Crippen LogP contribution in [0.1, 0.15) is 19.3 Å². The summed E-state index contributed by atoms with van der Waals surface area (Å²) in [6, 6.07) is 0.633. The zero-order chi connectivity index (χ0) is 7.68. The molecule has 1 saturated heterocycles. The SMILES string of the molecule is CO[C@H]1CC=C2CCN[C@H]2C1. The summed E-state index contributed by atoms with van der Waals surface area (Å²) in [6.07, 6.45) is 6.34. The van der Waals surface area contributed by atoms with Crippen LogP contribution in [-0.2, 0) is 4.74 Å². The first-order chi connectivity index (χ1) is 5.40. The molecule has 62 valence electrons. The van der Waals surface area contributed by atoms with E-state index in [1.807, 2.05) is 0 Å². The van der Waals surface area contributed by atoms with Crippen LogP contribution in [0.25, 0.3) is 0 Å². The zero-order valence-corrected chi connectivity index (χ0v) is 6.97. The first-order valence-corrected chi connectivity index (χ1v) is 4.35. The van der Waals surface area contributed by atoms with Crippen LogP contribution < -0.4 is 5.32 Å². The molecule has 1 aliphatic carbocycles. The van der Waals surface area contributed by atoms with Crippen molar-refractivity contribution >= 4 is 0 Å². The van der Waals surface area contributed by atoms with Gasteiger partial charge in [-0.25, -0.2) is 0 Å². The van der Waals surface area contributed by atoms with Gasteiger partial charge in [0.15, 0.2) is 0 Å². The van der Waals surface area contributed by atoms with Gasteiger partial charge in [0.25, 0.3) is 0 Å². The molecule has 2 heteroatoms. The highest BCUT2D eigenvalue weighted by Gasteiger charge is 2.26. The topological polar surface area (TPSA) is 21.3 Å². The molecule has 2 aliphatic rings. The molecule has 0 aromatic carbocycles. The summed E-state index contributed by atoms with van der Waals surface area (Å²) in [4.78, 5) is 0. The summed E-state index contributed by atoms with van der Waals surface area (Å²) >= 11 is 0. The Hall–Kier alpha value is -0.340. The van der Waals surface area contributed by atoms with Crippen molar-refractivity contribution in [1.82, 2.24) is 5.32 Å². The lowest BCUT2D eigenvalue weighted by atomic mass is 9.93. The van der Waals surface area contributed by atoms with E-state index in [1.165, 1.54) is 12.8 Å². The van der Waals surface area contributed by atoms with Crippen LogP contribution in [0.2, 0.25) is 0 Å². The third-order valence-electron chi connectivity index (χ3n) is 2.73. The monoisotopic (exact) mass is 153 g/mol. The first-order valence-electron chi connectivity index (χ1n) is 4.35. The fourth-order valence-corrected chi connectivity index (χ4v) is 2.01. The minimum atomic E-state index is 0.453. The van der Waals surface area contributed by atoms with E-state index in [4.69, 9.17) is 4.74 Å². The number of methoxy groups -OCH3 is 1. The molecule has 0 saturated carbocycles. The second-order valence-corrected chi connectivity index (χ2v) is 3.36. The third kappa shape index (κ3) is 1.33. The van der Waals surface area contributed by atoms with Gasteiger partial charge in [0.05, 0.1) is 6.10 Å². The van der Waals surface area contributed by atoms with Gasteiger partial charge in [-0.05, 0) is 25.8 Å². The van der Waals surface area contributed by atoms with Gasteiger partial charge in [0.2, 0.25) is 0 Å². The molecular weight excluding hydrogens is 138 g/mol. The number of fused-ring (bicyclic) bond motifs is 1. The molecule has 1 heterocycles. The molecule has 0 amide bonds.